The lowest BCUT2D eigenvalue weighted by Gasteiger charge is -2.24. The zero-order valence-corrected chi connectivity index (χ0v) is 24.4. The van der Waals surface area contributed by atoms with Crippen molar-refractivity contribution in [3.05, 3.63) is 99.6 Å². The van der Waals surface area contributed by atoms with Gasteiger partial charge in [-0.1, -0.05) is 30.3 Å². The van der Waals surface area contributed by atoms with E-state index in [0.717, 1.165) is 42.0 Å². The molecule has 6 rings (SSSR count). The number of likely N-dealkylation sites (tertiary alicyclic amines) is 1. The van der Waals surface area contributed by atoms with Crippen molar-refractivity contribution in [2.75, 3.05) is 13.7 Å². The van der Waals surface area contributed by atoms with Crippen LogP contribution in [0, 0.1) is 0 Å². The summed E-state index contributed by atoms with van der Waals surface area (Å²) in [6, 6.07) is 16.2. The summed E-state index contributed by atoms with van der Waals surface area (Å²) in [5.41, 5.74) is -0.646. The van der Waals surface area contributed by atoms with Crippen molar-refractivity contribution < 1.29 is 40.6 Å². The van der Waals surface area contributed by atoms with Crippen LogP contribution in [0.4, 0.5) is 26.3 Å². The number of hydrogen-bond donors (Lipinski definition) is 1. The third-order valence-corrected chi connectivity index (χ3v) is 8.65. The first-order valence-electron chi connectivity index (χ1n) is 13.9. The number of nitrogens with one attached hydrogen (secondary N) is 1. The number of methoxy groups -OCH3 is 1. The molecule has 2 aliphatic rings. The number of carbonyl (C=O) groups is 1. The van der Waals surface area contributed by atoms with Crippen LogP contribution in [0.15, 0.2) is 76.6 Å². The Morgan fingerprint density at radius 2 is 1.80 bits per heavy atom. The normalized spacial score (nSPS) is 18.2. The van der Waals surface area contributed by atoms with E-state index in [0.29, 0.717) is 21.7 Å². The van der Waals surface area contributed by atoms with Crippen LogP contribution < -0.4 is 9.47 Å². The largest absolute Gasteiger partial charge is 0.493 e. The van der Waals surface area contributed by atoms with Crippen molar-refractivity contribution in [2.45, 2.75) is 37.8 Å². The summed E-state index contributed by atoms with van der Waals surface area (Å²) in [6.07, 6.45) is -6.44. The minimum Gasteiger partial charge on any atom is -0.493 e. The number of halogens is 6. The molecule has 1 N–H and O–H groups in total. The van der Waals surface area contributed by atoms with E-state index in [2.05, 4.69) is 20.9 Å². The van der Waals surface area contributed by atoms with Gasteiger partial charge >= 0.3 is 12.4 Å². The number of fused-ring (bicyclic) bond motifs is 1. The number of benzene rings is 3. The molecular weight excluding hydrogens is 620 g/mol. The van der Waals surface area contributed by atoms with Gasteiger partial charge in [-0.25, -0.2) is 0 Å². The summed E-state index contributed by atoms with van der Waals surface area (Å²) in [7, 11) is 1.34. The first-order valence-corrected chi connectivity index (χ1v) is 14.7. The Morgan fingerprint density at radius 1 is 1.00 bits per heavy atom. The van der Waals surface area contributed by atoms with Crippen molar-refractivity contribution >= 4 is 39.8 Å². The first kappa shape index (κ1) is 30.6. The Bertz CT molecular complexity index is 1800. The molecule has 1 aromatic heterocycles. The number of amidine groups is 1. The Hall–Kier alpha value is -4.39. The van der Waals surface area contributed by atoms with Gasteiger partial charge in [0.05, 0.1) is 29.2 Å². The van der Waals surface area contributed by atoms with Gasteiger partial charge in [-0.2, -0.15) is 31.3 Å². The molecule has 234 valence electrons. The van der Waals surface area contributed by atoms with E-state index in [-0.39, 0.29) is 23.6 Å². The summed E-state index contributed by atoms with van der Waals surface area (Å²) in [5, 5.41) is 1.72. The quantitative estimate of drug-likeness (QED) is 0.168. The SMILES string of the molecule is COc1cc(C=C2SC(N3CCCC3c3cc4ccccc4[nH]3)=NC2=O)ccc1OCc1ccc(C(F)(F)F)cc1C(F)(F)F. The number of aromatic amines is 1. The Labute approximate surface area is 257 Å². The second kappa shape index (κ2) is 11.8. The molecule has 45 heavy (non-hydrogen) atoms. The molecular formula is C32H25F6N3O3S. The van der Waals surface area contributed by atoms with Crippen molar-refractivity contribution in [1.29, 1.82) is 0 Å². The van der Waals surface area contributed by atoms with E-state index < -0.39 is 41.6 Å². The van der Waals surface area contributed by atoms with Gasteiger partial charge in [-0.15, -0.1) is 0 Å². The average Bonchev–Trinajstić information content (AvgIpc) is 3.73. The van der Waals surface area contributed by atoms with Crippen molar-refractivity contribution in [3.63, 3.8) is 0 Å². The van der Waals surface area contributed by atoms with Gasteiger partial charge in [0.25, 0.3) is 5.91 Å². The van der Waals surface area contributed by atoms with Gasteiger partial charge in [-0.3, -0.25) is 4.79 Å². The maximum atomic E-state index is 13.5. The smallest absolute Gasteiger partial charge is 0.416 e. The molecule has 0 saturated carbocycles. The van der Waals surface area contributed by atoms with Crippen molar-refractivity contribution in [1.82, 2.24) is 9.88 Å². The molecule has 6 nitrogen and oxygen atoms in total. The molecule has 1 atom stereocenters. The Morgan fingerprint density at radius 3 is 2.53 bits per heavy atom. The lowest BCUT2D eigenvalue weighted by atomic mass is 10.0. The van der Waals surface area contributed by atoms with Gasteiger partial charge in [0.2, 0.25) is 0 Å². The molecule has 0 radical (unpaired) electrons. The predicted octanol–water partition coefficient (Wildman–Crippen LogP) is 8.60. The van der Waals surface area contributed by atoms with E-state index >= 15 is 0 Å². The van der Waals surface area contributed by atoms with Crippen LogP contribution in [0.5, 0.6) is 11.5 Å². The number of aliphatic imine (C=N–C) groups is 1. The molecule has 0 spiro atoms. The summed E-state index contributed by atoms with van der Waals surface area (Å²) in [6.45, 7) is 0.101. The number of hydrogen-bond acceptors (Lipinski definition) is 5. The molecule has 3 heterocycles. The van der Waals surface area contributed by atoms with Gasteiger partial charge in [0, 0.05) is 23.3 Å². The minimum atomic E-state index is -5.02. The Kier molecular flexibility index (Phi) is 8.06. The maximum Gasteiger partial charge on any atom is 0.416 e. The number of thioether (sulfide) groups is 1. The predicted molar refractivity (Wildman–Crippen MR) is 159 cm³/mol. The van der Waals surface area contributed by atoms with Gasteiger partial charge in [-0.05, 0) is 78.0 Å². The Balaban J connectivity index is 1.17. The number of carbonyl (C=O) groups excluding carboxylic acids is 1. The number of alkyl halides is 6. The van der Waals surface area contributed by atoms with Crippen LogP contribution in [0.2, 0.25) is 0 Å². The highest BCUT2D eigenvalue weighted by atomic mass is 32.2. The summed E-state index contributed by atoms with van der Waals surface area (Å²) < 4.78 is 90.6. The molecule has 0 bridgehead atoms. The number of aromatic nitrogens is 1. The zero-order chi connectivity index (χ0) is 31.9. The highest BCUT2D eigenvalue weighted by molar-refractivity contribution is 8.18. The third kappa shape index (κ3) is 6.39. The number of ether oxygens (including phenoxy) is 2. The molecule has 2 aliphatic heterocycles. The molecule has 1 saturated heterocycles. The lowest BCUT2D eigenvalue weighted by Crippen LogP contribution is -2.27. The lowest BCUT2D eigenvalue weighted by molar-refractivity contribution is -0.143. The minimum absolute atomic E-state index is 0.0508. The van der Waals surface area contributed by atoms with Crippen LogP contribution in [0.1, 0.15) is 46.8 Å². The summed E-state index contributed by atoms with van der Waals surface area (Å²) in [4.78, 5) is 23.2. The molecule has 1 unspecified atom stereocenters. The van der Waals surface area contributed by atoms with Crippen molar-refractivity contribution in [3.8, 4) is 11.5 Å². The van der Waals surface area contributed by atoms with Gasteiger partial charge < -0.3 is 19.4 Å². The molecule has 4 aromatic rings. The molecule has 13 heteroatoms. The average molecular weight is 646 g/mol. The second-order valence-corrected chi connectivity index (χ2v) is 11.5. The van der Waals surface area contributed by atoms with E-state index in [1.165, 1.54) is 24.9 Å². The number of rotatable bonds is 6. The van der Waals surface area contributed by atoms with Gasteiger partial charge in [0.15, 0.2) is 16.7 Å². The summed E-state index contributed by atoms with van der Waals surface area (Å²) in [5.74, 6) is -0.147. The molecule has 1 amide bonds. The number of H-pyrrole nitrogens is 1. The fraction of sp³-hybridized carbons (Fsp3) is 0.250. The van der Waals surface area contributed by atoms with E-state index in [1.54, 1.807) is 18.2 Å². The van der Waals surface area contributed by atoms with Crippen LogP contribution in [-0.4, -0.2) is 34.6 Å². The number of nitrogens with zero attached hydrogens (tertiary/aromatic N) is 2. The molecule has 0 aliphatic carbocycles. The van der Waals surface area contributed by atoms with Crippen LogP contribution in [0.3, 0.4) is 0 Å². The van der Waals surface area contributed by atoms with Crippen LogP contribution >= 0.6 is 11.8 Å². The fourth-order valence-corrected chi connectivity index (χ4v) is 6.45. The topological polar surface area (TPSA) is 66.9 Å². The number of para-hydroxylation sites is 1. The standard InChI is InChI=1S/C32H25F6N3O3S/c1-43-27-13-18(8-11-26(27)44-17-20-9-10-21(31(33,34)35)16-22(20)32(36,37)38)14-28-29(42)40-30(45-28)41-12-4-7-25(41)24-15-19-5-2-3-6-23(19)39-24/h2-3,5-6,8-11,13-16,25,39H,4,7,12,17H2,1H3. The first-order chi connectivity index (χ1) is 21.4. The highest BCUT2D eigenvalue weighted by Gasteiger charge is 2.38. The van der Waals surface area contributed by atoms with E-state index in [4.69, 9.17) is 9.47 Å². The monoisotopic (exact) mass is 645 g/mol. The van der Waals surface area contributed by atoms with E-state index in [1.807, 2.05) is 24.3 Å². The van der Waals surface area contributed by atoms with Gasteiger partial charge in [0.1, 0.15) is 6.61 Å². The maximum absolute atomic E-state index is 13.5. The highest BCUT2D eigenvalue weighted by Crippen LogP contribution is 2.41. The zero-order valence-electron chi connectivity index (χ0n) is 23.6. The summed E-state index contributed by atoms with van der Waals surface area (Å²) >= 11 is 1.26. The van der Waals surface area contributed by atoms with E-state index in [9.17, 15) is 31.1 Å². The second-order valence-electron chi connectivity index (χ2n) is 10.5. The fourth-order valence-electron chi connectivity index (χ4n) is 5.46. The third-order valence-electron chi connectivity index (χ3n) is 7.63. The van der Waals surface area contributed by atoms with Crippen LogP contribution in [0.25, 0.3) is 17.0 Å². The number of amides is 1. The molecule has 3 aromatic carbocycles. The van der Waals surface area contributed by atoms with Crippen molar-refractivity contribution in [2.24, 2.45) is 4.99 Å². The van der Waals surface area contributed by atoms with Crippen LogP contribution in [-0.2, 0) is 23.8 Å². The molecule has 1 fully saturated rings.